The van der Waals surface area contributed by atoms with Crippen molar-refractivity contribution in [2.24, 2.45) is 0 Å². The minimum absolute atomic E-state index is 0.330. The first-order chi connectivity index (χ1) is 13.9. The quantitative estimate of drug-likeness (QED) is 0.471. The van der Waals surface area contributed by atoms with Gasteiger partial charge >= 0.3 is 5.97 Å². The molecule has 0 fully saturated rings. The number of methoxy groups -OCH3 is 1. The van der Waals surface area contributed by atoms with Crippen LogP contribution in [-0.4, -0.2) is 38.7 Å². The van der Waals surface area contributed by atoms with Crippen molar-refractivity contribution in [2.45, 2.75) is 20.0 Å². The van der Waals surface area contributed by atoms with E-state index in [0.29, 0.717) is 34.4 Å². The van der Waals surface area contributed by atoms with E-state index in [-0.39, 0.29) is 5.91 Å². The second kappa shape index (κ2) is 10.5. The predicted molar refractivity (Wildman–Crippen MR) is 114 cm³/mol. The Bertz CT molecular complexity index is 882. The van der Waals surface area contributed by atoms with Crippen molar-refractivity contribution in [3.05, 3.63) is 59.1 Å². The number of carbonyl (C=O) groups excluding carboxylic acids is 2. The monoisotopic (exact) mass is 417 g/mol. The van der Waals surface area contributed by atoms with E-state index in [9.17, 15) is 9.59 Å². The molecular formula is C22H24ClNO5. The maximum absolute atomic E-state index is 12.5. The SMILES string of the molecule is CCOc1c(Cl)cc(/C=C/C(=O)O[C@@H](C)C(=O)N(C)c2ccccc2)cc1OC. The van der Waals surface area contributed by atoms with Crippen molar-refractivity contribution in [2.75, 3.05) is 25.7 Å². The van der Waals surface area contributed by atoms with E-state index in [1.165, 1.54) is 31.1 Å². The van der Waals surface area contributed by atoms with Crippen LogP contribution >= 0.6 is 11.6 Å². The third-order valence-electron chi connectivity index (χ3n) is 4.07. The standard InChI is InChI=1S/C22H24ClNO5/c1-5-28-21-18(23)13-16(14-19(21)27-4)11-12-20(25)29-15(2)22(26)24(3)17-9-7-6-8-10-17/h6-15H,5H2,1-4H3/b12-11+/t15-/m0/s1. The number of esters is 1. The molecule has 0 spiro atoms. The Hall–Kier alpha value is -2.99. The normalized spacial score (nSPS) is 11.8. The van der Waals surface area contributed by atoms with Crippen LogP contribution in [0.15, 0.2) is 48.5 Å². The van der Waals surface area contributed by atoms with E-state index in [4.69, 9.17) is 25.8 Å². The van der Waals surface area contributed by atoms with Crippen molar-refractivity contribution >= 4 is 35.2 Å². The summed E-state index contributed by atoms with van der Waals surface area (Å²) in [7, 11) is 3.14. The van der Waals surface area contributed by atoms with Gasteiger partial charge in [0.1, 0.15) is 0 Å². The lowest BCUT2D eigenvalue weighted by molar-refractivity contribution is -0.148. The molecule has 0 saturated heterocycles. The van der Waals surface area contributed by atoms with Crippen LogP contribution < -0.4 is 14.4 Å². The van der Waals surface area contributed by atoms with Gasteiger partial charge in [0.2, 0.25) is 0 Å². The number of para-hydroxylation sites is 1. The Kier molecular flexibility index (Phi) is 8.09. The molecule has 0 radical (unpaired) electrons. The highest BCUT2D eigenvalue weighted by molar-refractivity contribution is 6.32. The molecule has 29 heavy (non-hydrogen) atoms. The number of amides is 1. The molecule has 0 unspecified atom stereocenters. The lowest BCUT2D eigenvalue weighted by Gasteiger charge is -2.21. The topological polar surface area (TPSA) is 65.1 Å². The van der Waals surface area contributed by atoms with Gasteiger partial charge in [0.25, 0.3) is 5.91 Å². The molecule has 0 aromatic heterocycles. The van der Waals surface area contributed by atoms with Crippen molar-refractivity contribution in [3.63, 3.8) is 0 Å². The Morgan fingerprint density at radius 3 is 2.52 bits per heavy atom. The van der Waals surface area contributed by atoms with Gasteiger partial charge < -0.3 is 19.1 Å². The number of anilines is 1. The number of nitrogens with zero attached hydrogens (tertiary/aromatic N) is 1. The number of hydrogen-bond acceptors (Lipinski definition) is 5. The maximum Gasteiger partial charge on any atom is 0.331 e. The third-order valence-corrected chi connectivity index (χ3v) is 4.35. The first-order valence-electron chi connectivity index (χ1n) is 9.09. The number of rotatable bonds is 8. The largest absolute Gasteiger partial charge is 0.493 e. The molecule has 154 valence electrons. The minimum Gasteiger partial charge on any atom is -0.493 e. The molecule has 2 aromatic carbocycles. The lowest BCUT2D eigenvalue weighted by atomic mass is 10.2. The summed E-state index contributed by atoms with van der Waals surface area (Å²) in [6.07, 6.45) is 1.83. The molecule has 0 bridgehead atoms. The maximum atomic E-state index is 12.5. The van der Waals surface area contributed by atoms with Gasteiger partial charge in [-0.25, -0.2) is 4.79 Å². The fourth-order valence-corrected chi connectivity index (χ4v) is 2.87. The number of carbonyl (C=O) groups is 2. The molecule has 0 aliphatic heterocycles. The molecule has 6 nitrogen and oxygen atoms in total. The van der Waals surface area contributed by atoms with E-state index in [0.717, 1.165) is 0 Å². The van der Waals surface area contributed by atoms with E-state index in [2.05, 4.69) is 0 Å². The summed E-state index contributed by atoms with van der Waals surface area (Å²) in [4.78, 5) is 26.0. The summed E-state index contributed by atoms with van der Waals surface area (Å²) >= 11 is 6.22. The Labute approximate surface area is 175 Å². The van der Waals surface area contributed by atoms with Crippen molar-refractivity contribution in [1.29, 1.82) is 0 Å². The van der Waals surface area contributed by atoms with E-state index < -0.39 is 12.1 Å². The van der Waals surface area contributed by atoms with Crippen LogP contribution in [0.3, 0.4) is 0 Å². The van der Waals surface area contributed by atoms with Crippen molar-refractivity contribution < 1.29 is 23.8 Å². The summed E-state index contributed by atoms with van der Waals surface area (Å²) in [5.74, 6) is -0.0695. The van der Waals surface area contributed by atoms with Crippen LogP contribution in [0.1, 0.15) is 19.4 Å². The summed E-state index contributed by atoms with van der Waals surface area (Å²) in [5.41, 5.74) is 1.35. The molecule has 0 saturated carbocycles. The second-order valence-corrected chi connectivity index (χ2v) is 6.52. The number of halogens is 1. The average molecular weight is 418 g/mol. The predicted octanol–water partition coefficient (Wildman–Crippen LogP) is 4.36. The van der Waals surface area contributed by atoms with Gasteiger partial charge in [0.05, 0.1) is 18.7 Å². The zero-order chi connectivity index (χ0) is 21.4. The van der Waals surface area contributed by atoms with Gasteiger partial charge in [-0.15, -0.1) is 0 Å². The van der Waals surface area contributed by atoms with Gasteiger partial charge in [-0.3, -0.25) is 4.79 Å². The highest BCUT2D eigenvalue weighted by Gasteiger charge is 2.21. The first kappa shape index (κ1) is 22.3. The molecule has 1 amide bonds. The third kappa shape index (κ3) is 5.99. The van der Waals surface area contributed by atoms with Gasteiger partial charge in [-0.2, -0.15) is 0 Å². The number of ether oxygens (including phenoxy) is 3. The van der Waals surface area contributed by atoms with Gasteiger partial charge in [-0.05, 0) is 49.8 Å². The second-order valence-electron chi connectivity index (χ2n) is 6.11. The summed E-state index contributed by atoms with van der Waals surface area (Å²) in [6.45, 7) is 3.82. The molecular weight excluding hydrogens is 394 g/mol. The van der Waals surface area contributed by atoms with Crippen LogP contribution in [0.5, 0.6) is 11.5 Å². The highest BCUT2D eigenvalue weighted by atomic mass is 35.5. The zero-order valence-corrected chi connectivity index (χ0v) is 17.6. The Morgan fingerprint density at radius 1 is 1.21 bits per heavy atom. The molecule has 0 heterocycles. The number of benzene rings is 2. The van der Waals surface area contributed by atoms with Gasteiger partial charge in [-0.1, -0.05) is 29.8 Å². The van der Waals surface area contributed by atoms with Crippen LogP contribution in [-0.2, 0) is 14.3 Å². The highest BCUT2D eigenvalue weighted by Crippen LogP contribution is 2.36. The number of likely N-dealkylation sites (N-methyl/N-ethyl adjacent to an activating group) is 1. The molecule has 2 aromatic rings. The lowest BCUT2D eigenvalue weighted by Crippen LogP contribution is -2.37. The van der Waals surface area contributed by atoms with Crippen LogP contribution in [0, 0.1) is 0 Å². The van der Waals surface area contributed by atoms with Crippen LogP contribution in [0.2, 0.25) is 5.02 Å². The molecule has 7 heteroatoms. The number of hydrogen-bond donors (Lipinski definition) is 0. The fraction of sp³-hybridized carbons (Fsp3) is 0.273. The first-order valence-corrected chi connectivity index (χ1v) is 9.46. The summed E-state index contributed by atoms with van der Waals surface area (Å²) in [5, 5.41) is 0.368. The Morgan fingerprint density at radius 2 is 1.90 bits per heavy atom. The molecule has 0 N–H and O–H groups in total. The Balaban J connectivity index is 2.03. The average Bonchev–Trinajstić information content (AvgIpc) is 2.73. The van der Waals surface area contributed by atoms with Crippen molar-refractivity contribution in [3.8, 4) is 11.5 Å². The van der Waals surface area contributed by atoms with Crippen LogP contribution in [0.4, 0.5) is 5.69 Å². The molecule has 1 atom stereocenters. The van der Waals surface area contributed by atoms with Gasteiger partial charge in [0, 0.05) is 18.8 Å². The smallest absolute Gasteiger partial charge is 0.331 e. The van der Waals surface area contributed by atoms with Crippen molar-refractivity contribution in [1.82, 2.24) is 0 Å². The van der Waals surface area contributed by atoms with Crippen LogP contribution in [0.25, 0.3) is 6.08 Å². The summed E-state index contributed by atoms with van der Waals surface area (Å²) in [6, 6.07) is 12.5. The minimum atomic E-state index is -0.934. The summed E-state index contributed by atoms with van der Waals surface area (Å²) < 4.78 is 16.0. The van der Waals surface area contributed by atoms with E-state index >= 15 is 0 Å². The molecule has 0 aliphatic rings. The van der Waals surface area contributed by atoms with E-state index in [1.54, 1.807) is 31.3 Å². The zero-order valence-electron chi connectivity index (χ0n) is 16.8. The molecule has 0 aliphatic carbocycles. The van der Waals surface area contributed by atoms with E-state index in [1.807, 2.05) is 25.1 Å². The van der Waals surface area contributed by atoms with Gasteiger partial charge in [0.15, 0.2) is 17.6 Å². The fourth-order valence-electron chi connectivity index (χ4n) is 2.60. The molecule has 2 rings (SSSR count).